The molecule has 0 aliphatic heterocycles. The molecule has 1 aromatic rings. The number of methoxy groups -OCH3 is 2. The molecule has 5 heteroatoms. The lowest BCUT2D eigenvalue weighted by Crippen LogP contribution is -3.12. The highest BCUT2D eigenvalue weighted by molar-refractivity contribution is 5.65. The van der Waals surface area contributed by atoms with E-state index in [1.165, 1.54) is 0 Å². The van der Waals surface area contributed by atoms with Crippen LogP contribution in [0.15, 0.2) is 24.3 Å². The highest BCUT2D eigenvalue weighted by Gasteiger charge is 2.12. The third kappa shape index (κ3) is 4.73. The molecule has 0 saturated carbocycles. The van der Waals surface area contributed by atoms with Crippen molar-refractivity contribution in [3.63, 3.8) is 0 Å². The SMILES string of the molecule is COCC[NH+](CC(=O)[O-])Cc1ccccc1OC. The van der Waals surface area contributed by atoms with Gasteiger partial charge in [0.1, 0.15) is 25.4 Å². The lowest BCUT2D eigenvalue weighted by atomic mass is 10.2. The molecule has 0 saturated heterocycles. The number of carbonyl (C=O) groups is 1. The van der Waals surface area contributed by atoms with Crippen LogP contribution in [0.5, 0.6) is 5.75 Å². The van der Waals surface area contributed by atoms with Crippen LogP contribution in [0.1, 0.15) is 5.56 Å². The summed E-state index contributed by atoms with van der Waals surface area (Å²) in [7, 11) is 3.20. The van der Waals surface area contributed by atoms with Crippen molar-refractivity contribution in [3.05, 3.63) is 29.8 Å². The molecule has 1 rings (SSSR count). The molecule has 0 aliphatic carbocycles. The van der Waals surface area contributed by atoms with Crippen LogP contribution in [-0.4, -0.2) is 39.9 Å². The van der Waals surface area contributed by atoms with E-state index in [4.69, 9.17) is 9.47 Å². The molecule has 0 radical (unpaired) electrons. The van der Waals surface area contributed by atoms with E-state index < -0.39 is 5.97 Å². The topological polar surface area (TPSA) is 63.0 Å². The van der Waals surface area contributed by atoms with E-state index in [0.29, 0.717) is 19.7 Å². The number of nitrogens with one attached hydrogen (secondary N) is 1. The van der Waals surface area contributed by atoms with Crippen molar-refractivity contribution >= 4 is 5.97 Å². The number of benzene rings is 1. The molecular formula is C13H19NO4. The molecule has 0 spiro atoms. The largest absolute Gasteiger partial charge is 0.544 e. The fourth-order valence-corrected chi connectivity index (χ4v) is 1.81. The number of carbonyl (C=O) groups excluding carboxylic acids is 1. The molecule has 0 bridgehead atoms. The van der Waals surface area contributed by atoms with Gasteiger partial charge in [-0.3, -0.25) is 0 Å². The highest BCUT2D eigenvalue weighted by Crippen LogP contribution is 2.15. The summed E-state index contributed by atoms with van der Waals surface area (Å²) in [6.45, 7) is 1.66. The Morgan fingerprint density at radius 2 is 2.06 bits per heavy atom. The van der Waals surface area contributed by atoms with Crippen molar-refractivity contribution in [1.82, 2.24) is 0 Å². The number of carboxylic acids is 1. The lowest BCUT2D eigenvalue weighted by molar-refractivity contribution is -0.908. The van der Waals surface area contributed by atoms with Gasteiger partial charge < -0.3 is 24.3 Å². The summed E-state index contributed by atoms with van der Waals surface area (Å²) in [6, 6.07) is 7.59. The number of hydrogen-bond donors (Lipinski definition) is 1. The van der Waals surface area contributed by atoms with Crippen molar-refractivity contribution in [3.8, 4) is 5.75 Å². The van der Waals surface area contributed by atoms with Crippen LogP contribution >= 0.6 is 0 Å². The molecule has 18 heavy (non-hydrogen) atoms. The Labute approximate surface area is 107 Å². The summed E-state index contributed by atoms with van der Waals surface area (Å²) in [5, 5.41) is 10.7. The second-order valence-electron chi connectivity index (χ2n) is 4.03. The average Bonchev–Trinajstić information content (AvgIpc) is 2.36. The summed E-state index contributed by atoms with van der Waals surface area (Å²) in [6.07, 6.45) is 0. The molecule has 1 N–H and O–H groups in total. The second-order valence-corrected chi connectivity index (χ2v) is 4.03. The second kappa shape index (κ2) is 7.68. The van der Waals surface area contributed by atoms with Gasteiger partial charge in [0.15, 0.2) is 0 Å². The van der Waals surface area contributed by atoms with Crippen molar-refractivity contribution in [2.24, 2.45) is 0 Å². The summed E-state index contributed by atoms with van der Waals surface area (Å²) in [5.74, 6) is -0.290. The van der Waals surface area contributed by atoms with Gasteiger partial charge in [0.05, 0.1) is 19.7 Å². The first-order valence-corrected chi connectivity index (χ1v) is 5.81. The minimum absolute atomic E-state index is 0.0403. The molecule has 0 heterocycles. The Hall–Kier alpha value is -1.59. The third-order valence-electron chi connectivity index (χ3n) is 2.69. The maximum atomic E-state index is 10.7. The summed E-state index contributed by atoms with van der Waals surface area (Å²) in [5.41, 5.74) is 0.979. The lowest BCUT2D eigenvalue weighted by Gasteiger charge is -2.20. The number of quaternary nitrogens is 1. The summed E-state index contributed by atoms with van der Waals surface area (Å²) < 4.78 is 10.2. The Kier molecular flexibility index (Phi) is 6.18. The Balaban J connectivity index is 2.71. The van der Waals surface area contributed by atoms with Crippen LogP contribution in [0.3, 0.4) is 0 Å². The first-order valence-electron chi connectivity index (χ1n) is 5.81. The van der Waals surface area contributed by atoms with Gasteiger partial charge >= 0.3 is 0 Å². The number of hydrogen-bond acceptors (Lipinski definition) is 4. The Morgan fingerprint density at radius 3 is 2.67 bits per heavy atom. The van der Waals surface area contributed by atoms with Crippen LogP contribution in [0, 0.1) is 0 Å². The normalized spacial score (nSPS) is 12.1. The van der Waals surface area contributed by atoms with E-state index in [0.717, 1.165) is 16.2 Å². The first-order chi connectivity index (χ1) is 8.67. The smallest absolute Gasteiger partial charge is 0.127 e. The van der Waals surface area contributed by atoms with Crippen LogP contribution in [0.2, 0.25) is 0 Å². The number of para-hydroxylation sites is 1. The quantitative estimate of drug-likeness (QED) is 0.611. The number of rotatable bonds is 8. The van der Waals surface area contributed by atoms with E-state index >= 15 is 0 Å². The molecule has 100 valence electrons. The zero-order valence-corrected chi connectivity index (χ0v) is 10.8. The predicted molar refractivity (Wildman–Crippen MR) is 64.3 cm³/mol. The molecule has 1 atom stereocenters. The molecule has 1 unspecified atom stereocenters. The summed E-state index contributed by atoms with van der Waals surface area (Å²) in [4.78, 5) is 11.6. The number of aliphatic carboxylic acids is 1. The van der Waals surface area contributed by atoms with Crippen LogP contribution in [-0.2, 0) is 16.1 Å². The first kappa shape index (κ1) is 14.5. The van der Waals surface area contributed by atoms with Crippen molar-refractivity contribution in [2.45, 2.75) is 6.54 Å². The minimum atomic E-state index is -1.06. The molecule has 0 aliphatic rings. The van der Waals surface area contributed by atoms with Gasteiger partial charge in [-0.05, 0) is 12.1 Å². The standard InChI is InChI=1S/C13H19NO4/c1-17-8-7-14(10-13(15)16)9-11-5-3-4-6-12(11)18-2/h3-6H,7-10H2,1-2H3,(H,15,16). The van der Waals surface area contributed by atoms with Gasteiger partial charge in [0, 0.05) is 12.7 Å². The highest BCUT2D eigenvalue weighted by atomic mass is 16.5. The monoisotopic (exact) mass is 253 g/mol. The van der Waals surface area contributed by atoms with Crippen LogP contribution in [0.4, 0.5) is 0 Å². The van der Waals surface area contributed by atoms with E-state index in [-0.39, 0.29) is 6.54 Å². The number of ether oxygens (including phenoxy) is 2. The molecule has 0 fully saturated rings. The maximum Gasteiger partial charge on any atom is 0.127 e. The minimum Gasteiger partial charge on any atom is -0.544 e. The Morgan fingerprint density at radius 1 is 1.33 bits per heavy atom. The van der Waals surface area contributed by atoms with Gasteiger partial charge in [-0.2, -0.15) is 0 Å². The van der Waals surface area contributed by atoms with Crippen LogP contribution < -0.4 is 14.7 Å². The molecule has 1 aromatic carbocycles. The maximum absolute atomic E-state index is 10.7. The third-order valence-corrected chi connectivity index (χ3v) is 2.69. The van der Waals surface area contributed by atoms with Gasteiger partial charge in [-0.25, -0.2) is 0 Å². The van der Waals surface area contributed by atoms with Crippen molar-refractivity contribution in [2.75, 3.05) is 33.9 Å². The van der Waals surface area contributed by atoms with E-state index in [9.17, 15) is 9.90 Å². The molecular weight excluding hydrogens is 234 g/mol. The fourth-order valence-electron chi connectivity index (χ4n) is 1.81. The van der Waals surface area contributed by atoms with Crippen molar-refractivity contribution in [1.29, 1.82) is 0 Å². The Bertz CT molecular complexity index is 381. The van der Waals surface area contributed by atoms with Crippen molar-refractivity contribution < 1.29 is 24.3 Å². The fraction of sp³-hybridized carbons (Fsp3) is 0.462. The van der Waals surface area contributed by atoms with Gasteiger partial charge in [0.2, 0.25) is 0 Å². The van der Waals surface area contributed by atoms with E-state index in [1.807, 2.05) is 24.3 Å². The zero-order valence-electron chi connectivity index (χ0n) is 10.8. The average molecular weight is 253 g/mol. The predicted octanol–water partition coefficient (Wildman–Crippen LogP) is -1.52. The van der Waals surface area contributed by atoms with Crippen LogP contribution in [0.25, 0.3) is 0 Å². The zero-order chi connectivity index (χ0) is 13.4. The van der Waals surface area contributed by atoms with Gasteiger partial charge in [-0.1, -0.05) is 12.1 Å². The van der Waals surface area contributed by atoms with E-state index in [1.54, 1.807) is 14.2 Å². The van der Waals surface area contributed by atoms with Gasteiger partial charge in [0.25, 0.3) is 0 Å². The molecule has 0 amide bonds. The van der Waals surface area contributed by atoms with Gasteiger partial charge in [-0.15, -0.1) is 0 Å². The molecule has 5 nitrogen and oxygen atoms in total. The summed E-state index contributed by atoms with van der Waals surface area (Å²) >= 11 is 0. The number of carboxylic acid groups (broad SMARTS) is 1. The van der Waals surface area contributed by atoms with E-state index in [2.05, 4.69) is 0 Å². The molecule has 0 aromatic heterocycles.